The molecule has 1 aromatic carbocycles. The van der Waals surface area contributed by atoms with Crippen molar-refractivity contribution in [2.45, 2.75) is 6.61 Å². The average Bonchev–Trinajstić information content (AvgIpc) is 2.73. The molecule has 0 bridgehead atoms. The number of nitrogens with one attached hydrogen (secondary N) is 2. The average molecular weight is 237 g/mol. The first kappa shape index (κ1) is 10.7. The molecule has 0 unspecified atom stereocenters. The highest BCUT2D eigenvalue weighted by Gasteiger charge is 1.99. The maximum atomic E-state index is 5.49. The fraction of sp³-hybridized carbons (Fsp3) is 0.200. The summed E-state index contributed by atoms with van der Waals surface area (Å²) in [6.07, 6.45) is 0. The summed E-state index contributed by atoms with van der Waals surface area (Å²) >= 11 is 4.83. The molecule has 0 amide bonds. The van der Waals surface area contributed by atoms with Crippen molar-refractivity contribution < 1.29 is 9.47 Å². The third-order valence-electron chi connectivity index (χ3n) is 1.99. The molecular formula is C10H11N3O2S. The summed E-state index contributed by atoms with van der Waals surface area (Å²) < 4.78 is 11.0. The van der Waals surface area contributed by atoms with Crippen molar-refractivity contribution >= 4 is 12.2 Å². The van der Waals surface area contributed by atoms with Gasteiger partial charge in [0.15, 0.2) is 5.82 Å². The predicted molar refractivity (Wildman–Crippen MR) is 61.1 cm³/mol. The number of ether oxygens (including phenoxy) is 2. The second kappa shape index (κ2) is 4.80. The van der Waals surface area contributed by atoms with Crippen molar-refractivity contribution in [3.8, 4) is 11.5 Å². The van der Waals surface area contributed by atoms with Crippen LogP contribution in [0, 0.1) is 4.77 Å². The Hall–Kier alpha value is -1.82. The van der Waals surface area contributed by atoms with E-state index in [2.05, 4.69) is 15.2 Å². The van der Waals surface area contributed by atoms with Crippen LogP contribution in [0.2, 0.25) is 0 Å². The summed E-state index contributed by atoms with van der Waals surface area (Å²) in [5, 5.41) is 5.51. The standard InChI is InChI=1S/C10H11N3O2S/c1-14-7-2-4-8(5-3-7)15-6-9-11-10(16)13-12-9/h2-5H,6H2,1H3,(H2,11,12,13,16). The number of aromatic amines is 2. The van der Waals surface area contributed by atoms with Gasteiger partial charge in [0, 0.05) is 0 Å². The minimum Gasteiger partial charge on any atom is -0.497 e. The van der Waals surface area contributed by atoms with Crippen molar-refractivity contribution in [3.05, 3.63) is 34.9 Å². The van der Waals surface area contributed by atoms with E-state index in [4.69, 9.17) is 21.7 Å². The maximum Gasteiger partial charge on any atom is 0.213 e. The molecule has 6 heteroatoms. The Kier molecular flexibility index (Phi) is 3.21. The zero-order chi connectivity index (χ0) is 11.4. The van der Waals surface area contributed by atoms with Gasteiger partial charge in [0.1, 0.15) is 18.1 Å². The lowest BCUT2D eigenvalue weighted by Crippen LogP contribution is -1.97. The van der Waals surface area contributed by atoms with E-state index in [0.717, 1.165) is 11.5 Å². The van der Waals surface area contributed by atoms with E-state index in [1.54, 1.807) is 7.11 Å². The van der Waals surface area contributed by atoms with E-state index >= 15 is 0 Å². The molecule has 16 heavy (non-hydrogen) atoms. The van der Waals surface area contributed by atoms with Crippen LogP contribution in [0.5, 0.6) is 11.5 Å². The molecule has 2 N–H and O–H groups in total. The van der Waals surface area contributed by atoms with Crippen molar-refractivity contribution in [1.82, 2.24) is 15.2 Å². The number of methoxy groups -OCH3 is 1. The van der Waals surface area contributed by atoms with Crippen molar-refractivity contribution in [1.29, 1.82) is 0 Å². The first-order chi connectivity index (χ1) is 7.78. The monoisotopic (exact) mass is 237 g/mol. The normalized spacial score (nSPS) is 10.1. The van der Waals surface area contributed by atoms with Crippen LogP contribution in [0.3, 0.4) is 0 Å². The largest absolute Gasteiger partial charge is 0.497 e. The van der Waals surface area contributed by atoms with E-state index in [1.807, 2.05) is 24.3 Å². The highest BCUT2D eigenvalue weighted by atomic mass is 32.1. The van der Waals surface area contributed by atoms with Crippen LogP contribution >= 0.6 is 12.2 Å². The minimum absolute atomic E-state index is 0.347. The molecule has 0 spiro atoms. The van der Waals surface area contributed by atoms with Crippen LogP contribution in [0.4, 0.5) is 0 Å². The van der Waals surface area contributed by atoms with Gasteiger partial charge >= 0.3 is 0 Å². The zero-order valence-corrected chi connectivity index (χ0v) is 9.50. The lowest BCUT2D eigenvalue weighted by Gasteiger charge is -2.04. The third kappa shape index (κ3) is 2.60. The van der Waals surface area contributed by atoms with Crippen molar-refractivity contribution in [3.63, 3.8) is 0 Å². The molecular weight excluding hydrogens is 226 g/mol. The Labute approximate surface area is 97.4 Å². The number of nitrogens with zero attached hydrogens (tertiary/aromatic N) is 1. The number of rotatable bonds is 4. The van der Waals surface area contributed by atoms with Gasteiger partial charge in [0.2, 0.25) is 4.77 Å². The number of hydrogen-bond donors (Lipinski definition) is 2. The summed E-state index contributed by atoms with van der Waals surface area (Å²) in [4.78, 5) is 4.01. The molecule has 5 nitrogen and oxygen atoms in total. The second-order valence-electron chi connectivity index (χ2n) is 3.08. The molecule has 0 fully saturated rings. The highest BCUT2D eigenvalue weighted by molar-refractivity contribution is 7.71. The van der Waals surface area contributed by atoms with Crippen LogP contribution in [-0.2, 0) is 6.61 Å². The van der Waals surface area contributed by atoms with Gasteiger partial charge in [-0.25, -0.2) is 4.98 Å². The van der Waals surface area contributed by atoms with Crippen LogP contribution in [-0.4, -0.2) is 22.3 Å². The number of hydrogen-bond acceptors (Lipinski definition) is 4. The fourth-order valence-electron chi connectivity index (χ4n) is 1.20. The first-order valence-electron chi connectivity index (χ1n) is 4.68. The molecule has 2 aromatic rings. The molecule has 0 aliphatic carbocycles. The smallest absolute Gasteiger partial charge is 0.213 e. The Morgan fingerprint density at radius 3 is 2.44 bits per heavy atom. The van der Waals surface area contributed by atoms with E-state index in [0.29, 0.717) is 17.2 Å². The van der Waals surface area contributed by atoms with Crippen LogP contribution in [0.15, 0.2) is 24.3 Å². The minimum atomic E-state index is 0.347. The molecule has 0 saturated heterocycles. The molecule has 0 atom stereocenters. The van der Waals surface area contributed by atoms with Gasteiger partial charge in [-0.15, -0.1) is 0 Å². The molecule has 1 heterocycles. The molecule has 0 saturated carbocycles. The summed E-state index contributed by atoms with van der Waals surface area (Å²) in [5.74, 6) is 2.22. The molecule has 0 aliphatic heterocycles. The molecule has 1 aromatic heterocycles. The summed E-state index contributed by atoms with van der Waals surface area (Å²) in [7, 11) is 1.62. The SMILES string of the molecule is COc1ccc(OCc2nc(=S)[nH][nH]2)cc1. The van der Waals surface area contributed by atoms with E-state index in [1.165, 1.54) is 0 Å². The van der Waals surface area contributed by atoms with Crippen LogP contribution in [0.25, 0.3) is 0 Å². The Balaban J connectivity index is 1.96. The number of benzene rings is 1. The van der Waals surface area contributed by atoms with Crippen molar-refractivity contribution in [2.24, 2.45) is 0 Å². The highest BCUT2D eigenvalue weighted by Crippen LogP contribution is 2.17. The summed E-state index contributed by atoms with van der Waals surface area (Å²) in [5.41, 5.74) is 0. The van der Waals surface area contributed by atoms with Gasteiger partial charge in [-0.05, 0) is 36.5 Å². The summed E-state index contributed by atoms with van der Waals surface area (Å²) in [6, 6.07) is 7.34. The van der Waals surface area contributed by atoms with E-state index in [9.17, 15) is 0 Å². The molecule has 0 aliphatic rings. The van der Waals surface area contributed by atoms with E-state index in [-0.39, 0.29) is 0 Å². The second-order valence-corrected chi connectivity index (χ2v) is 3.46. The topological polar surface area (TPSA) is 62.9 Å². The number of H-pyrrole nitrogens is 2. The first-order valence-corrected chi connectivity index (χ1v) is 5.09. The fourth-order valence-corrected chi connectivity index (χ4v) is 1.36. The van der Waals surface area contributed by atoms with Gasteiger partial charge < -0.3 is 9.47 Å². The zero-order valence-electron chi connectivity index (χ0n) is 8.69. The lowest BCUT2D eigenvalue weighted by molar-refractivity contribution is 0.295. The molecule has 0 radical (unpaired) electrons. The van der Waals surface area contributed by atoms with Gasteiger partial charge in [0.05, 0.1) is 7.11 Å². The predicted octanol–water partition coefficient (Wildman–Crippen LogP) is 2.05. The molecule has 84 valence electrons. The van der Waals surface area contributed by atoms with Gasteiger partial charge in [-0.2, -0.15) is 0 Å². The van der Waals surface area contributed by atoms with Gasteiger partial charge in [-0.1, -0.05) is 0 Å². The van der Waals surface area contributed by atoms with Crippen LogP contribution in [0.1, 0.15) is 5.82 Å². The quantitative estimate of drug-likeness (QED) is 0.799. The Morgan fingerprint density at radius 2 is 1.88 bits per heavy atom. The lowest BCUT2D eigenvalue weighted by atomic mass is 10.3. The Morgan fingerprint density at radius 1 is 1.19 bits per heavy atom. The summed E-state index contributed by atoms with van der Waals surface area (Å²) in [6.45, 7) is 0.347. The number of aromatic nitrogens is 3. The Bertz CT molecular complexity index is 503. The van der Waals surface area contributed by atoms with Crippen LogP contribution < -0.4 is 9.47 Å². The van der Waals surface area contributed by atoms with Crippen molar-refractivity contribution in [2.75, 3.05) is 7.11 Å². The molecule has 2 rings (SSSR count). The van der Waals surface area contributed by atoms with E-state index < -0.39 is 0 Å². The van der Waals surface area contributed by atoms with Gasteiger partial charge in [-0.3, -0.25) is 10.2 Å². The third-order valence-corrected chi connectivity index (χ3v) is 2.18. The van der Waals surface area contributed by atoms with Gasteiger partial charge in [0.25, 0.3) is 0 Å². The maximum absolute atomic E-state index is 5.49.